The number of benzene rings is 1. The summed E-state index contributed by atoms with van der Waals surface area (Å²) in [4.78, 5) is 4.40. The topological polar surface area (TPSA) is 59.1 Å². The lowest BCUT2D eigenvalue weighted by Gasteiger charge is -2.24. The Morgan fingerprint density at radius 1 is 1.15 bits per heavy atom. The van der Waals surface area contributed by atoms with E-state index in [4.69, 9.17) is 0 Å². The van der Waals surface area contributed by atoms with E-state index in [-0.39, 0.29) is 17.5 Å². The Hall–Kier alpha value is -1.14. The molecular formula is C14H15BrN2O2S. The number of nitrogens with zero attached hydrogens (tertiary/aromatic N) is 1. The fourth-order valence-corrected chi connectivity index (χ4v) is 4.50. The molecule has 0 atom stereocenters. The van der Waals surface area contributed by atoms with Crippen LogP contribution < -0.4 is 5.32 Å². The Bertz CT molecular complexity index is 732. The van der Waals surface area contributed by atoms with Gasteiger partial charge in [-0.15, -0.1) is 0 Å². The van der Waals surface area contributed by atoms with Gasteiger partial charge >= 0.3 is 0 Å². The number of fused-ring (bicyclic) bond motifs is 1. The lowest BCUT2D eigenvalue weighted by atomic mass is 10.1. The number of anilines is 1. The number of rotatable bonds is 2. The van der Waals surface area contributed by atoms with Crippen LogP contribution in [-0.2, 0) is 9.84 Å². The molecule has 3 rings (SSSR count). The predicted molar refractivity (Wildman–Crippen MR) is 84.7 cm³/mol. The van der Waals surface area contributed by atoms with Gasteiger partial charge in [0, 0.05) is 27.5 Å². The molecule has 6 heteroatoms. The van der Waals surface area contributed by atoms with E-state index in [1.54, 1.807) is 6.20 Å². The zero-order valence-electron chi connectivity index (χ0n) is 10.8. The summed E-state index contributed by atoms with van der Waals surface area (Å²) in [6, 6.07) is 8.14. The molecule has 2 heterocycles. The van der Waals surface area contributed by atoms with Gasteiger partial charge < -0.3 is 5.32 Å². The van der Waals surface area contributed by atoms with Crippen molar-refractivity contribution in [3.8, 4) is 0 Å². The second kappa shape index (κ2) is 5.33. The maximum absolute atomic E-state index is 11.5. The first-order valence-corrected chi connectivity index (χ1v) is 9.17. The minimum absolute atomic E-state index is 0.176. The minimum atomic E-state index is -2.83. The van der Waals surface area contributed by atoms with E-state index in [1.807, 2.05) is 24.3 Å². The molecule has 4 nitrogen and oxygen atoms in total. The molecule has 20 heavy (non-hydrogen) atoms. The summed E-state index contributed by atoms with van der Waals surface area (Å²) in [7, 11) is -2.83. The third kappa shape index (κ3) is 2.81. The van der Waals surface area contributed by atoms with E-state index in [2.05, 4.69) is 26.2 Å². The van der Waals surface area contributed by atoms with Crippen molar-refractivity contribution < 1.29 is 8.42 Å². The Labute approximate surface area is 126 Å². The summed E-state index contributed by atoms with van der Waals surface area (Å²) in [5, 5.41) is 5.55. The van der Waals surface area contributed by atoms with Gasteiger partial charge in [0.25, 0.3) is 0 Å². The Balaban J connectivity index is 1.87. The summed E-state index contributed by atoms with van der Waals surface area (Å²) in [5.41, 5.74) is 0. The Kier molecular flexibility index (Phi) is 3.69. The highest BCUT2D eigenvalue weighted by Crippen LogP contribution is 2.28. The quantitative estimate of drug-likeness (QED) is 0.900. The molecular weight excluding hydrogens is 340 g/mol. The van der Waals surface area contributed by atoms with Crippen molar-refractivity contribution in [2.75, 3.05) is 16.8 Å². The lowest BCUT2D eigenvalue weighted by Crippen LogP contribution is -2.32. The van der Waals surface area contributed by atoms with E-state index in [0.29, 0.717) is 12.8 Å². The third-order valence-electron chi connectivity index (χ3n) is 3.65. The highest BCUT2D eigenvalue weighted by molar-refractivity contribution is 9.10. The van der Waals surface area contributed by atoms with Crippen LogP contribution in [0.5, 0.6) is 0 Å². The van der Waals surface area contributed by atoms with Gasteiger partial charge in [0.1, 0.15) is 15.7 Å². The van der Waals surface area contributed by atoms with E-state index in [0.717, 1.165) is 21.1 Å². The number of halogens is 1. The first-order chi connectivity index (χ1) is 9.55. The third-order valence-corrected chi connectivity index (χ3v) is 6.06. The van der Waals surface area contributed by atoms with Gasteiger partial charge in [0.05, 0.1) is 11.5 Å². The van der Waals surface area contributed by atoms with Crippen LogP contribution in [0.2, 0.25) is 0 Å². The van der Waals surface area contributed by atoms with E-state index < -0.39 is 9.84 Å². The number of hydrogen-bond acceptors (Lipinski definition) is 4. The first kappa shape index (κ1) is 13.8. The lowest BCUT2D eigenvalue weighted by molar-refractivity contribution is 0.559. The van der Waals surface area contributed by atoms with Gasteiger partial charge in [-0.25, -0.2) is 13.4 Å². The maximum Gasteiger partial charge on any atom is 0.150 e. The van der Waals surface area contributed by atoms with Crippen molar-refractivity contribution in [3.05, 3.63) is 34.9 Å². The smallest absolute Gasteiger partial charge is 0.150 e. The maximum atomic E-state index is 11.5. The second-order valence-electron chi connectivity index (χ2n) is 5.06. The number of hydrogen-bond donors (Lipinski definition) is 1. The van der Waals surface area contributed by atoms with E-state index >= 15 is 0 Å². The number of sulfone groups is 1. The second-order valence-corrected chi connectivity index (χ2v) is 8.22. The molecule has 0 saturated carbocycles. The van der Waals surface area contributed by atoms with Crippen molar-refractivity contribution in [1.29, 1.82) is 0 Å². The van der Waals surface area contributed by atoms with Gasteiger partial charge in [-0.3, -0.25) is 0 Å². The van der Waals surface area contributed by atoms with Crippen molar-refractivity contribution in [2.24, 2.45) is 0 Å². The zero-order chi connectivity index (χ0) is 14.2. The van der Waals surface area contributed by atoms with Crippen LogP contribution in [0.1, 0.15) is 12.8 Å². The molecule has 0 bridgehead atoms. The molecule has 1 aliphatic heterocycles. The highest BCUT2D eigenvalue weighted by atomic mass is 79.9. The molecule has 1 aliphatic rings. The molecule has 1 aromatic heterocycles. The highest BCUT2D eigenvalue weighted by Gasteiger charge is 2.24. The molecule has 1 N–H and O–H groups in total. The monoisotopic (exact) mass is 354 g/mol. The standard InChI is InChI=1S/C14H15BrN2O2S/c15-13-3-1-2-12-11(13)4-7-16-14(12)17-10-5-8-20(18,19)9-6-10/h1-4,7,10H,5-6,8-9H2,(H,16,17). The Morgan fingerprint density at radius 3 is 2.65 bits per heavy atom. The summed E-state index contributed by atoms with van der Waals surface area (Å²) >= 11 is 3.54. The summed E-state index contributed by atoms with van der Waals surface area (Å²) in [5.74, 6) is 1.35. The van der Waals surface area contributed by atoms with Gasteiger partial charge in [-0.2, -0.15) is 0 Å². The predicted octanol–water partition coefficient (Wildman–Crippen LogP) is 2.99. The van der Waals surface area contributed by atoms with Crippen molar-refractivity contribution in [2.45, 2.75) is 18.9 Å². The number of aromatic nitrogens is 1. The van der Waals surface area contributed by atoms with Crippen LogP contribution >= 0.6 is 15.9 Å². The van der Waals surface area contributed by atoms with E-state index in [1.165, 1.54) is 0 Å². The molecule has 0 aliphatic carbocycles. The molecule has 1 fully saturated rings. The fraction of sp³-hybridized carbons (Fsp3) is 0.357. The van der Waals surface area contributed by atoms with Gasteiger partial charge in [0.15, 0.2) is 0 Å². The van der Waals surface area contributed by atoms with E-state index in [9.17, 15) is 8.42 Å². The summed E-state index contributed by atoms with van der Waals surface area (Å²) in [6.07, 6.45) is 3.07. The van der Waals surface area contributed by atoms with Crippen molar-refractivity contribution in [1.82, 2.24) is 4.98 Å². The summed E-state index contributed by atoms with van der Waals surface area (Å²) < 4.78 is 23.9. The minimum Gasteiger partial charge on any atom is -0.367 e. The molecule has 1 saturated heterocycles. The van der Waals surface area contributed by atoms with Crippen LogP contribution in [0.3, 0.4) is 0 Å². The van der Waals surface area contributed by atoms with Crippen LogP contribution in [0.15, 0.2) is 34.9 Å². The molecule has 0 radical (unpaired) electrons. The fourth-order valence-electron chi connectivity index (χ4n) is 2.51. The largest absolute Gasteiger partial charge is 0.367 e. The van der Waals surface area contributed by atoms with Gasteiger partial charge in [-0.1, -0.05) is 28.1 Å². The molecule has 0 spiro atoms. The van der Waals surface area contributed by atoms with Gasteiger partial charge in [0.2, 0.25) is 0 Å². The molecule has 0 amide bonds. The van der Waals surface area contributed by atoms with Crippen molar-refractivity contribution >= 4 is 42.4 Å². The average molecular weight is 355 g/mol. The first-order valence-electron chi connectivity index (χ1n) is 6.55. The molecule has 106 valence electrons. The summed E-state index contributed by atoms with van der Waals surface area (Å²) in [6.45, 7) is 0. The molecule has 1 aromatic carbocycles. The number of pyridine rings is 1. The van der Waals surface area contributed by atoms with Gasteiger partial charge in [-0.05, 0) is 25.0 Å². The van der Waals surface area contributed by atoms with Crippen LogP contribution in [0, 0.1) is 0 Å². The van der Waals surface area contributed by atoms with Crippen LogP contribution in [0.25, 0.3) is 10.8 Å². The van der Waals surface area contributed by atoms with Crippen LogP contribution in [0.4, 0.5) is 5.82 Å². The van der Waals surface area contributed by atoms with Crippen molar-refractivity contribution in [3.63, 3.8) is 0 Å². The molecule has 2 aromatic rings. The average Bonchev–Trinajstić information content (AvgIpc) is 2.42. The SMILES string of the molecule is O=S1(=O)CCC(Nc2nccc3c(Br)cccc23)CC1. The molecule has 0 unspecified atom stereocenters. The number of nitrogens with one attached hydrogen (secondary N) is 1. The Morgan fingerprint density at radius 2 is 1.90 bits per heavy atom. The zero-order valence-corrected chi connectivity index (χ0v) is 13.2. The van der Waals surface area contributed by atoms with Crippen LogP contribution in [-0.4, -0.2) is 30.9 Å². The normalized spacial score (nSPS) is 19.1.